The third-order valence-electron chi connectivity index (χ3n) is 3.08. The molecule has 0 bridgehead atoms. The third-order valence-corrected chi connectivity index (χ3v) is 4.15. The molecule has 0 unspecified atom stereocenters. The molecule has 0 saturated heterocycles. The van der Waals surface area contributed by atoms with Crippen molar-refractivity contribution >= 4 is 32.8 Å². The molecule has 0 atom stereocenters. The monoisotopic (exact) mass is 291 g/mol. The number of benzene rings is 2. The van der Waals surface area contributed by atoms with E-state index in [-0.39, 0.29) is 0 Å². The molecule has 2 aromatic carbocycles. The summed E-state index contributed by atoms with van der Waals surface area (Å²) in [4.78, 5) is 4.50. The number of thiazole rings is 1. The Kier molecular flexibility index (Phi) is 3.67. The number of anilines is 1. The first-order chi connectivity index (χ1) is 10.3. The van der Waals surface area contributed by atoms with E-state index in [1.165, 1.54) is 16.9 Å². The summed E-state index contributed by atoms with van der Waals surface area (Å²) in [6, 6.07) is 18.1. The fourth-order valence-electron chi connectivity index (χ4n) is 1.93. The summed E-state index contributed by atoms with van der Waals surface area (Å²) in [7, 11) is 0. The second kappa shape index (κ2) is 5.78. The number of allylic oxidation sites excluding steroid dienone is 1. The van der Waals surface area contributed by atoms with Crippen molar-refractivity contribution < 1.29 is 0 Å². The van der Waals surface area contributed by atoms with Crippen LogP contribution in [0.25, 0.3) is 15.8 Å². The highest BCUT2D eigenvalue weighted by atomic mass is 32.1. The Hall–Kier alpha value is -2.64. The SMILES string of the molecule is Cc1ccc(NC=C(C#N)c2nc3ccccc3s2)cc1. The van der Waals surface area contributed by atoms with E-state index in [2.05, 4.69) is 16.4 Å². The molecular formula is C17H13N3S. The smallest absolute Gasteiger partial charge is 0.136 e. The quantitative estimate of drug-likeness (QED) is 0.718. The van der Waals surface area contributed by atoms with Gasteiger partial charge in [-0.3, -0.25) is 0 Å². The highest BCUT2D eigenvalue weighted by Gasteiger charge is 2.07. The van der Waals surface area contributed by atoms with Gasteiger partial charge in [-0.1, -0.05) is 29.8 Å². The fourth-order valence-corrected chi connectivity index (χ4v) is 2.87. The molecule has 0 aliphatic carbocycles. The Morgan fingerprint density at radius 2 is 1.95 bits per heavy atom. The number of nitriles is 1. The van der Waals surface area contributed by atoms with Gasteiger partial charge in [-0.25, -0.2) is 4.98 Å². The van der Waals surface area contributed by atoms with Crippen LogP contribution >= 0.6 is 11.3 Å². The number of hydrogen-bond acceptors (Lipinski definition) is 4. The van der Waals surface area contributed by atoms with E-state index in [1.54, 1.807) is 6.20 Å². The van der Waals surface area contributed by atoms with Crippen molar-refractivity contribution in [2.24, 2.45) is 0 Å². The zero-order valence-electron chi connectivity index (χ0n) is 11.5. The minimum absolute atomic E-state index is 0.539. The summed E-state index contributed by atoms with van der Waals surface area (Å²) < 4.78 is 1.09. The molecule has 0 fully saturated rings. The van der Waals surface area contributed by atoms with Crippen molar-refractivity contribution in [1.29, 1.82) is 5.26 Å². The molecule has 1 heterocycles. The molecule has 1 aromatic heterocycles. The van der Waals surface area contributed by atoms with Crippen LogP contribution in [0.2, 0.25) is 0 Å². The van der Waals surface area contributed by atoms with E-state index >= 15 is 0 Å². The number of hydrogen-bond donors (Lipinski definition) is 1. The van der Waals surface area contributed by atoms with Crippen molar-refractivity contribution in [3.63, 3.8) is 0 Å². The normalized spacial score (nSPS) is 11.3. The van der Waals surface area contributed by atoms with E-state index in [4.69, 9.17) is 0 Å². The van der Waals surface area contributed by atoms with E-state index in [9.17, 15) is 5.26 Å². The van der Waals surface area contributed by atoms with Crippen LogP contribution in [0.15, 0.2) is 54.7 Å². The Labute approximate surface area is 127 Å². The van der Waals surface area contributed by atoms with Gasteiger partial charge < -0.3 is 5.32 Å². The number of aryl methyl sites for hydroxylation is 1. The van der Waals surface area contributed by atoms with Crippen LogP contribution in [0.3, 0.4) is 0 Å². The summed E-state index contributed by atoms with van der Waals surface area (Å²) in [6.45, 7) is 2.04. The first kappa shape index (κ1) is 13.3. The van der Waals surface area contributed by atoms with Crippen LogP contribution in [-0.2, 0) is 0 Å². The molecule has 0 spiro atoms. The number of fused-ring (bicyclic) bond motifs is 1. The van der Waals surface area contributed by atoms with E-state index in [0.29, 0.717) is 5.57 Å². The molecular weight excluding hydrogens is 278 g/mol. The van der Waals surface area contributed by atoms with Crippen LogP contribution in [-0.4, -0.2) is 4.98 Å². The minimum Gasteiger partial charge on any atom is -0.360 e. The molecule has 4 heteroatoms. The Balaban J connectivity index is 1.89. The summed E-state index contributed by atoms with van der Waals surface area (Å²) in [5.74, 6) is 0. The van der Waals surface area contributed by atoms with Crippen molar-refractivity contribution in [3.05, 3.63) is 65.3 Å². The van der Waals surface area contributed by atoms with Crippen LogP contribution in [0.1, 0.15) is 10.6 Å². The summed E-state index contributed by atoms with van der Waals surface area (Å²) in [5.41, 5.74) is 3.62. The number of nitrogens with one attached hydrogen (secondary N) is 1. The molecule has 0 radical (unpaired) electrons. The second-order valence-electron chi connectivity index (χ2n) is 4.67. The predicted molar refractivity (Wildman–Crippen MR) is 88.0 cm³/mol. The zero-order valence-corrected chi connectivity index (χ0v) is 12.3. The van der Waals surface area contributed by atoms with Gasteiger partial charge in [0.25, 0.3) is 0 Å². The Morgan fingerprint density at radius 3 is 2.67 bits per heavy atom. The van der Waals surface area contributed by atoms with Crippen molar-refractivity contribution in [2.45, 2.75) is 6.92 Å². The van der Waals surface area contributed by atoms with Gasteiger partial charge in [0.15, 0.2) is 0 Å². The summed E-state index contributed by atoms with van der Waals surface area (Å²) in [5, 5.41) is 13.2. The van der Waals surface area contributed by atoms with Gasteiger partial charge >= 0.3 is 0 Å². The van der Waals surface area contributed by atoms with Crippen molar-refractivity contribution in [1.82, 2.24) is 4.98 Å². The van der Waals surface area contributed by atoms with Gasteiger partial charge in [-0.15, -0.1) is 11.3 Å². The first-order valence-electron chi connectivity index (χ1n) is 6.56. The first-order valence-corrected chi connectivity index (χ1v) is 7.37. The zero-order chi connectivity index (χ0) is 14.7. The summed E-state index contributed by atoms with van der Waals surface area (Å²) in [6.07, 6.45) is 1.71. The van der Waals surface area contributed by atoms with Crippen LogP contribution in [0.5, 0.6) is 0 Å². The minimum atomic E-state index is 0.539. The van der Waals surface area contributed by atoms with Gasteiger partial charge in [-0.05, 0) is 31.2 Å². The highest BCUT2D eigenvalue weighted by molar-refractivity contribution is 7.19. The van der Waals surface area contributed by atoms with Crippen LogP contribution in [0, 0.1) is 18.3 Å². The van der Waals surface area contributed by atoms with Crippen molar-refractivity contribution in [3.8, 4) is 6.07 Å². The number of para-hydroxylation sites is 1. The molecule has 3 rings (SSSR count). The Bertz CT molecular complexity index is 805. The van der Waals surface area contributed by atoms with Crippen LogP contribution in [0.4, 0.5) is 5.69 Å². The van der Waals surface area contributed by atoms with Crippen molar-refractivity contribution in [2.75, 3.05) is 5.32 Å². The lowest BCUT2D eigenvalue weighted by molar-refractivity contribution is 1.42. The molecule has 21 heavy (non-hydrogen) atoms. The summed E-state index contributed by atoms with van der Waals surface area (Å²) >= 11 is 1.53. The maximum atomic E-state index is 9.34. The number of nitrogens with zero attached hydrogens (tertiary/aromatic N) is 2. The topological polar surface area (TPSA) is 48.7 Å². The van der Waals surface area contributed by atoms with Gasteiger partial charge in [0, 0.05) is 11.9 Å². The van der Waals surface area contributed by atoms with Gasteiger partial charge in [0.2, 0.25) is 0 Å². The highest BCUT2D eigenvalue weighted by Crippen LogP contribution is 2.26. The van der Waals surface area contributed by atoms with E-state index < -0.39 is 0 Å². The lowest BCUT2D eigenvalue weighted by Gasteiger charge is -2.01. The lowest BCUT2D eigenvalue weighted by atomic mass is 10.2. The second-order valence-corrected chi connectivity index (χ2v) is 5.70. The molecule has 0 amide bonds. The standard InChI is InChI=1S/C17H13N3S/c1-12-6-8-14(9-7-12)19-11-13(10-18)17-20-15-4-2-3-5-16(15)21-17/h2-9,11,19H,1H3. The Morgan fingerprint density at radius 1 is 1.19 bits per heavy atom. The fraction of sp³-hybridized carbons (Fsp3) is 0.0588. The largest absolute Gasteiger partial charge is 0.360 e. The molecule has 102 valence electrons. The van der Waals surface area contributed by atoms with E-state index in [0.717, 1.165) is 20.9 Å². The molecule has 3 nitrogen and oxygen atoms in total. The molecule has 0 aliphatic rings. The lowest BCUT2D eigenvalue weighted by Crippen LogP contribution is -1.90. The maximum absolute atomic E-state index is 9.34. The average Bonchev–Trinajstić information content (AvgIpc) is 2.93. The molecule has 0 saturated carbocycles. The van der Waals surface area contributed by atoms with Gasteiger partial charge in [0.05, 0.1) is 10.2 Å². The molecule has 0 aliphatic heterocycles. The van der Waals surface area contributed by atoms with Gasteiger partial charge in [-0.2, -0.15) is 5.26 Å². The predicted octanol–water partition coefficient (Wildman–Crippen LogP) is 4.58. The molecule has 1 N–H and O–H groups in total. The number of rotatable bonds is 3. The maximum Gasteiger partial charge on any atom is 0.136 e. The third kappa shape index (κ3) is 2.93. The average molecular weight is 291 g/mol. The number of aromatic nitrogens is 1. The van der Waals surface area contributed by atoms with E-state index in [1.807, 2.05) is 55.5 Å². The van der Waals surface area contributed by atoms with Crippen LogP contribution < -0.4 is 5.32 Å². The molecule has 3 aromatic rings. The van der Waals surface area contributed by atoms with Gasteiger partial charge in [0.1, 0.15) is 16.6 Å².